The zero-order valence-electron chi connectivity index (χ0n) is 27.8. The van der Waals surface area contributed by atoms with Gasteiger partial charge in [0.15, 0.2) is 0 Å². The molecule has 242 valence electrons. The van der Waals surface area contributed by atoms with Crippen molar-refractivity contribution in [2.45, 2.75) is 0 Å². The Hall–Kier alpha value is -5.78. The van der Waals surface area contributed by atoms with Crippen LogP contribution in [0.5, 0.6) is 0 Å². The van der Waals surface area contributed by atoms with Crippen LogP contribution in [0, 0.1) is 0 Å². The Bertz CT molecular complexity index is 3250. The second-order valence-electron chi connectivity index (χ2n) is 13.6. The van der Waals surface area contributed by atoms with Crippen LogP contribution in [0.15, 0.2) is 164 Å². The predicted octanol–water partition coefficient (Wildman–Crippen LogP) is 15.2. The summed E-state index contributed by atoms with van der Waals surface area (Å²) in [5.74, 6) is 0. The van der Waals surface area contributed by atoms with Crippen LogP contribution in [-0.2, 0) is 0 Å². The lowest BCUT2D eigenvalue weighted by Gasteiger charge is -2.14. The highest BCUT2D eigenvalue weighted by atomic mass is 32.1. The van der Waals surface area contributed by atoms with Gasteiger partial charge in [-0.1, -0.05) is 103 Å². The van der Waals surface area contributed by atoms with Crippen LogP contribution in [0.2, 0.25) is 0 Å². The molecule has 0 saturated carbocycles. The molecule has 0 bridgehead atoms. The molecular weight excluding hydrogens is 687 g/mol. The van der Waals surface area contributed by atoms with E-state index in [1.807, 2.05) is 34.0 Å². The predicted molar refractivity (Wildman–Crippen MR) is 230 cm³/mol. The van der Waals surface area contributed by atoms with Crippen LogP contribution in [0.25, 0.3) is 110 Å². The summed E-state index contributed by atoms with van der Waals surface area (Å²) in [5, 5.41) is 10.4. The lowest BCUT2D eigenvalue weighted by atomic mass is 9.98. The highest BCUT2D eigenvalue weighted by Crippen LogP contribution is 2.46. The van der Waals surface area contributed by atoms with Crippen molar-refractivity contribution < 1.29 is 0 Å². The maximum absolute atomic E-state index is 2.56. The average molecular weight is 714 g/mol. The van der Waals surface area contributed by atoms with E-state index in [1.165, 1.54) is 110 Å². The van der Waals surface area contributed by atoms with E-state index >= 15 is 0 Å². The third-order valence-electron chi connectivity index (χ3n) is 10.8. The molecule has 4 heteroatoms. The molecule has 12 aromatic rings. The molecule has 8 aromatic carbocycles. The Labute approximate surface area is 310 Å². The second kappa shape index (κ2) is 10.9. The Morgan fingerprint density at radius 2 is 0.673 bits per heavy atom. The van der Waals surface area contributed by atoms with E-state index in [-0.39, 0.29) is 0 Å². The van der Waals surface area contributed by atoms with Gasteiger partial charge in [0.25, 0.3) is 0 Å². The number of nitrogens with zero attached hydrogens (tertiary/aromatic N) is 1. The smallest absolute Gasteiger partial charge is 0.0619 e. The van der Waals surface area contributed by atoms with Gasteiger partial charge in [-0.25, -0.2) is 0 Å². The summed E-state index contributed by atoms with van der Waals surface area (Å²) in [5.41, 5.74) is 8.62. The van der Waals surface area contributed by atoms with Gasteiger partial charge in [0.05, 0.1) is 11.0 Å². The molecule has 0 aliphatic rings. The monoisotopic (exact) mass is 713 g/mol. The van der Waals surface area contributed by atoms with Crippen molar-refractivity contribution in [3.05, 3.63) is 164 Å². The number of hydrogen-bond acceptors (Lipinski definition) is 3. The van der Waals surface area contributed by atoms with E-state index in [1.54, 1.807) is 0 Å². The average Bonchev–Trinajstić information content (AvgIpc) is 3.96. The molecule has 0 atom stereocenters. The lowest BCUT2D eigenvalue weighted by molar-refractivity contribution is 1.19. The first-order valence-corrected chi connectivity index (χ1v) is 20.0. The maximum Gasteiger partial charge on any atom is 0.0619 e. The first kappa shape index (κ1) is 28.9. The van der Waals surface area contributed by atoms with Gasteiger partial charge in [-0.3, -0.25) is 0 Å². The van der Waals surface area contributed by atoms with E-state index in [2.05, 4.69) is 168 Å². The molecule has 0 aliphatic carbocycles. The molecule has 4 aromatic heterocycles. The molecule has 0 spiro atoms. The van der Waals surface area contributed by atoms with Gasteiger partial charge in [-0.05, 0) is 71.8 Å². The van der Waals surface area contributed by atoms with Crippen molar-refractivity contribution in [2.24, 2.45) is 0 Å². The molecule has 0 N–H and O–H groups in total. The summed E-state index contributed by atoms with van der Waals surface area (Å²) in [4.78, 5) is 0. The fraction of sp³-hybridized carbons (Fsp3) is 0. The van der Waals surface area contributed by atoms with Crippen LogP contribution < -0.4 is 0 Å². The van der Waals surface area contributed by atoms with E-state index in [9.17, 15) is 0 Å². The Kier molecular flexibility index (Phi) is 6.03. The van der Waals surface area contributed by atoms with Crippen LogP contribution in [-0.4, -0.2) is 4.57 Å². The molecule has 0 saturated heterocycles. The minimum Gasteiger partial charge on any atom is -0.308 e. The minimum absolute atomic E-state index is 1.18. The molecule has 0 amide bonds. The summed E-state index contributed by atoms with van der Waals surface area (Å²) in [6, 6.07) is 61.3. The Balaban J connectivity index is 1.20. The van der Waals surface area contributed by atoms with E-state index in [0.717, 1.165) is 0 Å². The maximum atomic E-state index is 2.56. The first-order valence-electron chi connectivity index (χ1n) is 17.6. The summed E-state index contributed by atoms with van der Waals surface area (Å²) >= 11 is 5.62. The number of fused-ring (bicyclic) bond motifs is 12. The van der Waals surface area contributed by atoms with Crippen molar-refractivity contribution in [1.29, 1.82) is 0 Å². The van der Waals surface area contributed by atoms with E-state index in [4.69, 9.17) is 0 Å². The number of thiophene rings is 3. The molecule has 12 rings (SSSR count). The van der Waals surface area contributed by atoms with Gasteiger partial charge in [-0.15, -0.1) is 34.0 Å². The highest BCUT2D eigenvalue weighted by molar-refractivity contribution is 7.26. The fourth-order valence-electron chi connectivity index (χ4n) is 8.48. The quantitative estimate of drug-likeness (QED) is 0.172. The minimum atomic E-state index is 1.18. The lowest BCUT2D eigenvalue weighted by Crippen LogP contribution is -1.97. The topological polar surface area (TPSA) is 4.93 Å². The van der Waals surface area contributed by atoms with Crippen molar-refractivity contribution >= 4 is 116 Å². The summed E-state index contributed by atoms with van der Waals surface area (Å²) in [6.07, 6.45) is 0. The third kappa shape index (κ3) is 4.08. The van der Waals surface area contributed by atoms with Crippen LogP contribution in [0.3, 0.4) is 0 Å². The molecule has 0 fully saturated rings. The van der Waals surface area contributed by atoms with Crippen LogP contribution in [0.1, 0.15) is 0 Å². The molecular formula is C48H27NS3. The first-order chi connectivity index (χ1) is 25.8. The molecule has 0 aliphatic heterocycles. The molecule has 1 nitrogen and oxygen atoms in total. The van der Waals surface area contributed by atoms with E-state index < -0.39 is 0 Å². The summed E-state index contributed by atoms with van der Waals surface area (Å²) < 4.78 is 10.5. The van der Waals surface area contributed by atoms with Crippen molar-refractivity contribution in [3.8, 4) is 27.9 Å². The Morgan fingerprint density at radius 1 is 0.288 bits per heavy atom. The van der Waals surface area contributed by atoms with Crippen molar-refractivity contribution in [3.63, 3.8) is 0 Å². The standard InChI is InChI=1S/C48H27NS3/c1-4-16-41-33(9-1)38-25-28(19-22-44(38)50-41)31-12-7-14-36-37-15-8-13-32(29-20-23-45-39(26-29)34-10-2-5-17-42(34)51-45)48(37)49(47(31)36)30-21-24-46-40(27-30)35-11-3-6-18-43(35)52-46/h1-27H. The second-order valence-corrected chi connectivity index (χ2v) is 16.9. The Morgan fingerprint density at radius 3 is 1.15 bits per heavy atom. The number of rotatable bonds is 3. The van der Waals surface area contributed by atoms with Gasteiger partial charge < -0.3 is 4.57 Å². The largest absolute Gasteiger partial charge is 0.308 e. The highest BCUT2D eigenvalue weighted by Gasteiger charge is 2.21. The zero-order chi connectivity index (χ0) is 33.9. The van der Waals surface area contributed by atoms with Gasteiger partial charge in [0.2, 0.25) is 0 Å². The van der Waals surface area contributed by atoms with Crippen molar-refractivity contribution in [1.82, 2.24) is 4.57 Å². The zero-order valence-corrected chi connectivity index (χ0v) is 30.2. The normalized spacial score (nSPS) is 12.2. The molecule has 0 unspecified atom stereocenters. The number of aromatic nitrogens is 1. The van der Waals surface area contributed by atoms with Gasteiger partial charge in [-0.2, -0.15) is 0 Å². The molecule has 4 heterocycles. The van der Waals surface area contributed by atoms with Crippen LogP contribution in [0.4, 0.5) is 0 Å². The summed E-state index contributed by atoms with van der Waals surface area (Å²) in [6.45, 7) is 0. The SMILES string of the molecule is c1ccc2c(c1)sc1ccc(-c3cccc4c5cccc(-c6ccc7sc8ccccc8c7c6)c5n(-c5ccc6sc7ccccc7c6c5)c34)cc12. The van der Waals surface area contributed by atoms with Crippen molar-refractivity contribution in [2.75, 3.05) is 0 Å². The summed E-state index contributed by atoms with van der Waals surface area (Å²) in [7, 11) is 0. The van der Waals surface area contributed by atoms with E-state index in [0.29, 0.717) is 0 Å². The van der Waals surface area contributed by atoms with Gasteiger partial charge >= 0.3 is 0 Å². The third-order valence-corrected chi connectivity index (χ3v) is 14.3. The molecule has 0 radical (unpaired) electrons. The fourth-order valence-corrected chi connectivity index (χ4v) is 11.7. The number of benzene rings is 8. The number of hydrogen-bond donors (Lipinski definition) is 0. The van der Waals surface area contributed by atoms with Gasteiger partial charge in [0, 0.05) is 88.1 Å². The van der Waals surface area contributed by atoms with Crippen LogP contribution >= 0.6 is 34.0 Å². The number of para-hydroxylation sites is 2. The van der Waals surface area contributed by atoms with Gasteiger partial charge in [0.1, 0.15) is 0 Å². The molecule has 52 heavy (non-hydrogen) atoms.